The summed E-state index contributed by atoms with van der Waals surface area (Å²) in [5, 5.41) is 21.6. The molecule has 2 fully saturated rings. The summed E-state index contributed by atoms with van der Waals surface area (Å²) in [6.45, 7) is -0.346. The number of hydrogen-bond acceptors (Lipinski definition) is 7. The number of nitrogens with two attached hydrogens (primary N) is 1. The fourth-order valence-electron chi connectivity index (χ4n) is 5.48. The summed E-state index contributed by atoms with van der Waals surface area (Å²) in [6.07, 6.45) is 2.37. The minimum absolute atomic E-state index is 0.0271. The zero-order valence-corrected chi connectivity index (χ0v) is 21.5. The van der Waals surface area contributed by atoms with Crippen molar-refractivity contribution >= 4 is 57.8 Å². The first kappa shape index (κ1) is 26.4. The molecule has 0 unspecified atom stereocenters. The quantitative estimate of drug-likeness (QED) is 0.260. The SMILES string of the molecule is NC(=O)c1nn(CC(=O)N2[C@@H]3CC[C@@H](C3)[C@H]2C(=O)Nc2cccc(Cl)n2)c2ccc(NC(=O)NCCO)cc12. The van der Waals surface area contributed by atoms with E-state index >= 15 is 0 Å². The number of pyridine rings is 1. The maximum absolute atomic E-state index is 13.6. The molecule has 204 valence electrons. The number of hydrogen-bond donors (Lipinski definition) is 5. The monoisotopic (exact) mass is 554 g/mol. The molecule has 1 aliphatic carbocycles. The fraction of sp³-hybridized carbons (Fsp3) is 0.360. The summed E-state index contributed by atoms with van der Waals surface area (Å²) in [5.74, 6) is -1.10. The number of anilines is 2. The lowest BCUT2D eigenvalue weighted by atomic mass is 9.97. The number of nitrogens with zero attached hydrogens (tertiary/aromatic N) is 4. The van der Waals surface area contributed by atoms with Crippen molar-refractivity contribution in [1.29, 1.82) is 0 Å². The first-order valence-corrected chi connectivity index (χ1v) is 12.8. The number of urea groups is 1. The minimum atomic E-state index is -0.792. The Bertz CT molecular complexity index is 1460. The second-order valence-corrected chi connectivity index (χ2v) is 9.90. The first-order valence-electron chi connectivity index (χ1n) is 12.5. The molecule has 5 amide bonds. The highest BCUT2D eigenvalue weighted by atomic mass is 35.5. The molecule has 1 saturated heterocycles. The average Bonchev–Trinajstić information content (AvgIpc) is 3.61. The number of likely N-dealkylation sites (tertiary alicyclic amines) is 1. The molecule has 0 spiro atoms. The third-order valence-electron chi connectivity index (χ3n) is 7.03. The van der Waals surface area contributed by atoms with Crippen LogP contribution in [0.25, 0.3) is 10.9 Å². The second-order valence-electron chi connectivity index (χ2n) is 9.51. The number of rotatable bonds is 8. The van der Waals surface area contributed by atoms with Gasteiger partial charge in [0.05, 0.1) is 12.1 Å². The third kappa shape index (κ3) is 5.36. The average molecular weight is 555 g/mol. The Kier molecular flexibility index (Phi) is 7.35. The number of benzene rings is 1. The fourth-order valence-corrected chi connectivity index (χ4v) is 5.64. The first-order chi connectivity index (χ1) is 18.7. The summed E-state index contributed by atoms with van der Waals surface area (Å²) < 4.78 is 1.38. The Morgan fingerprint density at radius 2 is 1.95 bits per heavy atom. The highest BCUT2D eigenvalue weighted by Crippen LogP contribution is 2.43. The Labute approximate surface area is 227 Å². The van der Waals surface area contributed by atoms with Crippen LogP contribution in [0, 0.1) is 5.92 Å². The molecule has 2 bridgehead atoms. The zero-order valence-electron chi connectivity index (χ0n) is 20.8. The number of piperidine rings is 1. The van der Waals surface area contributed by atoms with Crippen LogP contribution in [0.1, 0.15) is 29.8 Å². The molecule has 1 saturated carbocycles. The van der Waals surface area contributed by atoms with E-state index < -0.39 is 18.0 Å². The van der Waals surface area contributed by atoms with E-state index in [0.717, 1.165) is 19.3 Å². The summed E-state index contributed by atoms with van der Waals surface area (Å²) in [7, 11) is 0. The van der Waals surface area contributed by atoms with Crippen molar-refractivity contribution in [2.45, 2.75) is 37.9 Å². The van der Waals surface area contributed by atoms with Crippen molar-refractivity contribution in [3.05, 3.63) is 47.2 Å². The molecule has 2 aliphatic rings. The Morgan fingerprint density at radius 1 is 1.13 bits per heavy atom. The van der Waals surface area contributed by atoms with Crippen LogP contribution in [0.2, 0.25) is 5.15 Å². The standard InChI is InChI=1S/C25H27ClN8O5/c26-18-2-1-3-19(30-18)31-24(38)22-13-4-6-15(10-13)34(22)20(36)12-33-17-7-5-14(29-25(39)28-8-9-35)11-16(17)21(32-33)23(27)37/h1-3,5,7,11,13,15,22,35H,4,6,8-10,12H2,(H2,27,37)(H2,28,29,39)(H,30,31,38)/t13-,15+,22-/m0/s1. The van der Waals surface area contributed by atoms with Crippen molar-refractivity contribution < 1.29 is 24.3 Å². The molecule has 1 aliphatic heterocycles. The van der Waals surface area contributed by atoms with Gasteiger partial charge in [0, 0.05) is 23.7 Å². The van der Waals surface area contributed by atoms with Crippen LogP contribution in [0.15, 0.2) is 36.4 Å². The van der Waals surface area contributed by atoms with Crippen molar-refractivity contribution in [1.82, 2.24) is 25.0 Å². The van der Waals surface area contributed by atoms with Gasteiger partial charge in [-0.1, -0.05) is 17.7 Å². The molecule has 13 nitrogen and oxygen atoms in total. The van der Waals surface area contributed by atoms with Gasteiger partial charge in [-0.25, -0.2) is 9.78 Å². The maximum atomic E-state index is 13.6. The Morgan fingerprint density at radius 3 is 2.69 bits per heavy atom. The van der Waals surface area contributed by atoms with Gasteiger partial charge in [-0.05, 0) is 55.5 Å². The van der Waals surface area contributed by atoms with Crippen LogP contribution in [0.4, 0.5) is 16.3 Å². The van der Waals surface area contributed by atoms with Crippen LogP contribution in [-0.2, 0) is 16.1 Å². The number of aliphatic hydroxyl groups is 1. The van der Waals surface area contributed by atoms with Gasteiger partial charge in [-0.3, -0.25) is 19.1 Å². The normalized spacial score (nSPS) is 19.7. The van der Waals surface area contributed by atoms with Gasteiger partial charge in [0.15, 0.2) is 5.69 Å². The van der Waals surface area contributed by atoms with E-state index in [2.05, 4.69) is 26.0 Å². The molecule has 1 aromatic carbocycles. The van der Waals surface area contributed by atoms with Crippen LogP contribution >= 0.6 is 11.6 Å². The number of carbonyl (C=O) groups excluding carboxylic acids is 4. The van der Waals surface area contributed by atoms with Gasteiger partial charge >= 0.3 is 6.03 Å². The van der Waals surface area contributed by atoms with E-state index in [1.54, 1.807) is 35.2 Å². The largest absolute Gasteiger partial charge is 0.395 e. The summed E-state index contributed by atoms with van der Waals surface area (Å²) >= 11 is 5.94. The highest BCUT2D eigenvalue weighted by molar-refractivity contribution is 6.29. The van der Waals surface area contributed by atoms with Gasteiger partial charge in [0.2, 0.25) is 11.8 Å². The number of amides is 5. The Balaban J connectivity index is 1.38. The third-order valence-corrected chi connectivity index (χ3v) is 7.24. The van der Waals surface area contributed by atoms with Crippen molar-refractivity contribution in [2.24, 2.45) is 11.7 Å². The number of aliphatic hydroxyl groups excluding tert-OH is 1. The molecule has 3 atom stereocenters. The van der Waals surface area contributed by atoms with Gasteiger partial charge in [0.1, 0.15) is 23.6 Å². The predicted molar refractivity (Wildman–Crippen MR) is 142 cm³/mol. The molecule has 39 heavy (non-hydrogen) atoms. The number of halogens is 1. The van der Waals surface area contributed by atoms with Crippen LogP contribution in [0.5, 0.6) is 0 Å². The molecule has 3 heterocycles. The molecule has 5 rings (SSSR count). The molecule has 0 radical (unpaired) electrons. The highest BCUT2D eigenvalue weighted by Gasteiger charge is 2.51. The summed E-state index contributed by atoms with van der Waals surface area (Å²) in [5.41, 5.74) is 6.33. The van der Waals surface area contributed by atoms with Crippen LogP contribution < -0.4 is 21.7 Å². The van der Waals surface area contributed by atoms with Crippen LogP contribution in [-0.4, -0.2) is 73.8 Å². The van der Waals surface area contributed by atoms with Crippen molar-refractivity contribution in [2.75, 3.05) is 23.8 Å². The van der Waals surface area contributed by atoms with Crippen LogP contribution in [0.3, 0.4) is 0 Å². The van der Waals surface area contributed by atoms with E-state index in [9.17, 15) is 19.2 Å². The Hall–Kier alpha value is -4.23. The van der Waals surface area contributed by atoms with Gasteiger partial charge in [-0.2, -0.15) is 5.10 Å². The number of nitrogens with one attached hydrogen (secondary N) is 3. The zero-order chi connectivity index (χ0) is 27.7. The lowest BCUT2D eigenvalue weighted by Crippen LogP contribution is -2.52. The minimum Gasteiger partial charge on any atom is -0.395 e. The topological polar surface area (TPSA) is 185 Å². The van der Waals surface area contributed by atoms with E-state index in [0.29, 0.717) is 22.4 Å². The molecular weight excluding hydrogens is 528 g/mol. The molecule has 2 aromatic heterocycles. The van der Waals surface area contributed by atoms with Crippen molar-refractivity contribution in [3.63, 3.8) is 0 Å². The number of aromatic nitrogens is 3. The van der Waals surface area contributed by atoms with Gasteiger partial charge in [-0.15, -0.1) is 0 Å². The van der Waals surface area contributed by atoms with Gasteiger partial charge < -0.3 is 31.7 Å². The summed E-state index contributed by atoms with van der Waals surface area (Å²) in [4.78, 5) is 56.7. The maximum Gasteiger partial charge on any atom is 0.319 e. The summed E-state index contributed by atoms with van der Waals surface area (Å²) in [6, 6.07) is 8.39. The van der Waals surface area contributed by atoms with E-state index in [1.165, 1.54) is 10.7 Å². The second kappa shape index (κ2) is 10.9. The van der Waals surface area contributed by atoms with Crippen molar-refractivity contribution in [3.8, 4) is 0 Å². The molecule has 3 aromatic rings. The lowest BCUT2D eigenvalue weighted by Gasteiger charge is -2.34. The number of fused-ring (bicyclic) bond motifs is 3. The molecular formula is C25H27ClN8O5. The van der Waals surface area contributed by atoms with E-state index in [4.69, 9.17) is 22.4 Å². The van der Waals surface area contributed by atoms with Gasteiger partial charge in [0.25, 0.3) is 5.91 Å². The number of carbonyl (C=O) groups is 4. The molecule has 14 heteroatoms. The smallest absolute Gasteiger partial charge is 0.319 e. The lowest BCUT2D eigenvalue weighted by molar-refractivity contribution is -0.141. The predicted octanol–water partition coefficient (Wildman–Crippen LogP) is 1.32. The van der Waals surface area contributed by atoms with E-state index in [-0.39, 0.29) is 54.3 Å². The number of primary amides is 1. The molecule has 6 N–H and O–H groups in total. The van der Waals surface area contributed by atoms with E-state index in [1.807, 2.05) is 0 Å².